The van der Waals surface area contributed by atoms with Crippen molar-refractivity contribution in [2.45, 2.75) is 25.4 Å². The number of nitrogens with one attached hydrogen (secondary N) is 1. The van der Waals surface area contributed by atoms with Crippen LogP contribution in [0, 0.1) is 5.92 Å². The second-order valence-electron chi connectivity index (χ2n) is 6.41. The van der Waals surface area contributed by atoms with E-state index in [9.17, 15) is 9.90 Å². The summed E-state index contributed by atoms with van der Waals surface area (Å²) in [4.78, 5) is 13.7. The Balaban J connectivity index is 1.51. The lowest BCUT2D eigenvalue weighted by molar-refractivity contribution is 0.113. The van der Waals surface area contributed by atoms with E-state index in [1.54, 1.807) is 11.9 Å². The maximum Gasteiger partial charge on any atom is 0.317 e. The molecule has 0 bridgehead atoms. The molecule has 2 aromatic rings. The van der Waals surface area contributed by atoms with Crippen LogP contribution in [0.1, 0.15) is 18.4 Å². The number of carbonyl (C=O) groups excluding carboxylic acids is 1. The molecule has 1 fully saturated rings. The van der Waals surface area contributed by atoms with Crippen LogP contribution in [0.15, 0.2) is 42.5 Å². The molecule has 0 spiro atoms. The third-order valence-corrected chi connectivity index (χ3v) is 4.52. The Bertz CT molecular complexity index is 677. The van der Waals surface area contributed by atoms with Crippen molar-refractivity contribution in [1.29, 1.82) is 0 Å². The fourth-order valence-electron chi connectivity index (χ4n) is 2.94. The number of nitrogens with zero attached hydrogens (tertiary/aromatic N) is 1. The molecule has 2 N–H and O–H groups in total. The highest BCUT2D eigenvalue weighted by Gasteiger charge is 2.31. The summed E-state index contributed by atoms with van der Waals surface area (Å²) >= 11 is 0. The molecule has 0 saturated heterocycles. The molecule has 4 nitrogen and oxygen atoms in total. The standard InChI is InChI=1S/C19H24N2O2/c1-21(13-18(22)16-9-10-16)19(23)20-12-11-15-7-4-6-14-5-2-3-8-17(14)15/h2-8,16,18,22H,9-13H2,1H3,(H,20,23). The fourth-order valence-corrected chi connectivity index (χ4v) is 2.94. The summed E-state index contributed by atoms with van der Waals surface area (Å²) in [7, 11) is 1.73. The Hall–Kier alpha value is -2.07. The van der Waals surface area contributed by atoms with Crippen LogP contribution in [0.3, 0.4) is 0 Å². The van der Waals surface area contributed by atoms with Gasteiger partial charge in [0.15, 0.2) is 0 Å². The summed E-state index contributed by atoms with van der Waals surface area (Å²) in [6, 6.07) is 14.4. The first-order valence-corrected chi connectivity index (χ1v) is 8.29. The fraction of sp³-hybridized carbons (Fsp3) is 0.421. The smallest absolute Gasteiger partial charge is 0.317 e. The maximum absolute atomic E-state index is 12.1. The van der Waals surface area contributed by atoms with E-state index in [0.29, 0.717) is 19.0 Å². The van der Waals surface area contributed by atoms with E-state index >= 15 is 0 Å². The van der Waals surface area contributed by atoms with Gasteiger partial charge in [0.05, 0.1) is 6.10 Å². The van der Waals surface area contributed by atoms with Crippen molar-refractivity contribution in [2.75, 3.05) is 20.1 Å². The predicted molar refractivity (Wildman–Crippen MR) is 92.4 cm³/mol. The Morgan fingerprint density at radius 3 is 2.78 bits per heavy atom. The lowest BCUT2D eigenvalue weighted by atomic mass is 10.0. The molecule has 3 rings (SSSR count). The van der Waals surface area contributed by atoms with Gasteiger partial charge < -0.3 is 15.3 Å². The van der Waals surface area contributed by atoms with Crippen molar-refractivity contribution in [3.63, 3.8) is 0 Å². The predicted octanol–water partition coefficient (Wildman–Crippen LogP) is 2.79. The molecule has 2 aromatic carbocycles. The molecule has 1 unspecified atom stereocenters. The highest BCUT2D eigenvalue weighted by atomic mass is 16.3. The third kappa shape index (κ3) is 4.02. The Morgan fingerprint density at radius 2 is 2.00 bits per heavy atom. The minimum absolute atomic E-state index is 0.120. The second-order valence-corrected chi connectivity index (χ2v) is 6.41. The summed E-state index contributed by atoms with van der Waals surface area (Å²) in [5.74, 6) is 0.390. The van der Waals surface area contributed by atoms with Crippen LogP contribution in [0.2, 0.25) is 0 Å². The molecule has 0 aliphatic heterocycles. The average Bonchev–Trinajstić information content (AvgIpc) is 3.40. The first kappa shape index (κ1) is 15.8. The van der Waals surface area contributed by atoms with Crippen LogP contribution in [-0.2, 0) is 6.42 Å². The Morgan fingerprint density at radius 1 is 1.26 bits per heavy atom. The van der Waals surface area contributed by atoms with Crippen LogP contribution in [0.25, 0.3) is 10.8 Å². The van der Waals surface area contributed by atoms with Crippen molar-refractivity contribution >= 4 is 16.8 Å². The lowest BCUT2D eigenvalue weighted by Crippen LogP contribution is -2.42. The highest BCUT2D eigenvalue weighted by molar-refractivity contribution is 5.85. The minimum Gasteiger partial charge on any atom is -0.391 e. The molecule has 4 heteroatoms. The zero-order chi connectivity index (χ0) is 16.2. The number of amides is 2. The quantitative estimate of drug-likeness (QED) is 0.862. The first-order chi connectivity index (χ1) is 11.1. The van der Waals surface area contributed by atoms with Crippen LogP contribution in [0.4, 0.5) is 4.79 Å². The average molecular weight is 312 g/mol. The van der Waals surface area contributed by atoms with Gasteiger partial charge in [-0.2, -0.15) is 0 Å². The zero-order valence-corrected chi connectivity index (χ0v) is 13.5. The molecule has 1 saturated carbocycles. The molecule has 122 valence electrons. The molecule has 0 heterocycles. The van der Waals surface area contributed by atoms with Gasteiger partial charge in [-0.1, -0.05) is 42.5 Å². The van der Waals surface area contributed by atoms with E-state index in [1.165, 1.54) is 16.3 Å². The molecule has 1 aliphatic rings. The van der Waals surface area contributed by atoms with Crippen LogP contribution in [-0.4, -0.2) is 42.3 Å². The molecule has 23 heavy (non-hydrogen) atoms. The van der Waals surface area contributed by atoms with Crippen molar-refractivity contribution in [3.05, 3.63) is 48.0 Å². The first-order valence-electron chi connectivity index (χ1n) is 8.29. The summed E-state index contributed by atoms with van der Waals surface area (Å²) in [5, 5.41) is 15.3. The number of aliphatic hydroxyl groups is 1. The van der Waals surface area contributed by atoms with Crippen molar-refractivity contribution < 1.29 is 9.90 Å². The zero-order valence-electron chi connectivity index (χ0n) is 13.5. The van der Waals surface area contributed by atoms with E-state index < -0.39 is 0 Å². The van der Waals surface area contributed by atoms with E-state index in [4.69, 9.17) is 0 Å². The molecular formula is C19H24N2O2. The molecule has 0 aromatic heterocycles. The van der Waals surface area contributed by atoms with Gasteiger partial charge in [0, 0.05) is 20.1 Å². The lowest BCUT2D eigenvalue weighted by Gasteiger charge is -2.21. The van der Waals surface area contributed by atoms with Crippen LogP contribution < -0.4 is 5.32 Å². The van der Waals surface area contributed by atoms with Crippen molar-refractivity contribution in [1.82, 2.24) is 10.2 Å². The van der Waals surface area contributed by atoms with Gasteiger partial charge in [-0.25, -0.2) is 4.79 Å². The number of hydrogen-bond donors (Lipinski definition) is 2. The van der Waals surface area contributed by atoms with E-state index in [2.05, 4.69) is 35.6 Å². The third-order valence-electron chi connectivity index (χ3n) is 4.52. The molecule has 2 amide bonds. The largest absolute Gasteiger partial charge is 0.391 e. The SMILES string of the molecule is CN(CC(O)C1CC1)C(=O)NCCc1cccc2ccccc12. The number of aliphatic hydroxyl groups excluding tert-OH is 1. The molecular weight excluding hydrogens is 288 g/mol. The van der Waals surface area contributed by atoms with Gasteiger partial charge in [-0.3, -0.25) is 0 Å². The van der Waals surface area contributed by atoms with Crippen molar-refractivity contribution in [2.24, 2.45) is 5.92 Å². The number of hydrogen-bond acceptors (Lipinski definition) is 2. The molecule has 1 aliphatic carbocycles. The number of benzene rings is 2. The molecule has 0 radical (unpaired) electrons. The van der Waals surface area contributed by atoms with E-state index in [0.717, 1.165) is 19.3 Å². The van der Waals surface area contributed by atoms with Gasteiger partial charge in [-0.15, -0.1) is 0 Å². The Labute approximate surface area is 137 Å². The van der Waals surface area contributed by atoms with E-state index in [1.807, 2.05) is 12.1 Å². The number of carbonyl (C=O) groups is 1. The number of fused-ring (bicyclic) bond motifs is 1. The van der Waals surface area contributed by atoms with Gasteiger partial charge in [0.1, 0.15) is 0 Å². The Kier molecular flexibility index (Phi) is 4.82. The maximum atomic E-state index is 12.1. The van der Waals surface area contributed by atoms with Crippen LogP contribution >= 0.6 is 0 Å². The van der Waals surface area contributed by atoms with Crippen LogP contribution in [0.5, 0.6) is 0 Å². The van der Waals surface area contributed by atoms with Gasteiger partial charge in [0.2, 0.25) is 0 Å². The number of rotatable bonds is 6. The summed E-state index contributed by atoms with van der Waals surface area (Å²) in [5.41, 5.74) is 1.24. The summed E-state index contributed by atoms with van der Waals surface area (Å²) in [6.45, 7) is 1.00. The summed E-state index contributed by atoms with van der Waals surface area (Å²) in [6.07, 6.45) is 2.57. The monoisotopic (exact) mass is 312 g/mol. The van der Waals surface area contributed by atoms with Crippen molar-refractivity contribution in [3.8, 4) is 0 Å². The number of likely N-dealkylation sites (N-methyl/N-ethyl adjacent to an activating group) is 1. The van der Waals surface area contributed by atoms with Gasteiger partial charge in [0.25, 0.3) is 0 Å². The normalized spacial score (nSPS) is 15.4. The molecule has 1 atom stereocenters. The number of urea groups is 1. The second kappa shape index (κ2) is 7.01. The summed E-state index contributed by atoms with van der Waals surface area (Å²) < 4.78 is 0. The van der Waals surface area contributed by atoms with Gasteiger partial charge in [-0.05, 0) is 41.5 Å². The highest BCUT2D eigenvalue weighted by Crippen LogP contribution is 2.32. The topological polar surface area (TPSA) is 52.6 Å². The van der Waals surface area contributed by atoms with Gasteiger partial charge >= 0.3 is 6.03 Å². The minimum atomic E-state index is -0.385. The van der Waals surface area contributed by atoms with E-state index in [-0.39, 0.29) is 12.1 Å².